The molecule has 0 unspecified atom stereocenters. The SMILES string of the molecule is CCO/N=C/c1c(F)c(F)c(SF)c(F)c1F. The van der Waals surface area contributed by atoms with Crippen molar-refractivity contribution in [1.82, 2.24) is 0 Å². The topological polar surface area (TPSA) is 21.6 Å². The van der Waals surface area contributed by atoms with Crippen molar-refractivity contribution in [2.45, 2.75) is 11.8 Å². The lowest BCUT2D eigenvalue weighted by atomic mass is 10.2. The lowest BCUT2D eigenvalue weighted by Gasteiger charge is -2.05. The average Bonchev–Trinajstić information content (AvgIpc) is 2.32. The van der Waals surface area contributed by atoms with E-state index in [9.17, 15) is 21.4 Å². The van der Waals surface area contributed by atoms with Crippen molar-refractivity contribution in [3.63, 3.8) is 0 Å². The molecule has 0 aliphatic carbocycles. The van der Waals surface area contributed by atoms with Gasteiger partial charge in [-0.15, -0.1) is 0 Å². The van der Waals surface area contributed by atoms with E-state index in [0.29, 0.717) is 6.21 Å². The first-order valence-electron chi connectivity index (χ1n) is 4.34. The minimum absolute atomic E-state index is 0.114. The smallest absolute Gasteiger partial charge is 0.178 e. The maximum Gasteiger partial charge on any atom is 0.178 e. The molecule has 0 heterocycles. The van der Waals surface area contributed by atoms with Gasteiger partial charge in [-0.1, -0.05) is 5.16 Å². The van der Waals surface area contributed by atoms with Crippen molar-refractivity contribution in [2.24, 2.45) is 5.16 Å². The van der Waals surface area contributed by atoms with Crippen LogP contribution in [0.2, 0.25) is 0 Å². The predicted octanol–water partition coefficient (Wildman–Crippen LogP) is 3.59. The van der Waals surface area contributed by atoms with Crippen LogP contribution in [0.25, 0.3) is 0 Å². The molecule has 94 valence electrons. The van der Waals surface area contributed by atoms with Crippen LogP contribution in [0.15, 0.2) is 10.1 Å². The van der Waals surface area contributed by atoms with Crippen LogP contribution in [0.5, 0.6) is 0 Å². The van der Waals surface area contributed by atoms with E-state index in [-0.39, 0.29) is 6.61 Å². The van der Waals surface area contributed by atoms with Crippen LogP contribution in [-0.2, 0) is 4.84 Å². The van der Waals surface area contributed by atoms with Gasteiger partial charge in [0.2, 0.25) is 0 Å². The van der Waals surface area contributed by atoms with Gasteiger partial charge < -0.3 is 4.84 Å². The molecule has 1 rings (SSSR count). The molecule has 0 fully saturated rings. The van der Waals surface area contributed by atoms with Crippen LogP contribution in [-0.4, -0.2) is 12.8 Å². The molecule has 0 atom stereocenters. The number of rotatable bonds is 4. The molecule has 2 nitrogen and oxygen atoms in total. The highest BCUT2D eigenvalue weighted by Crippen LogP contribution is 2.31. The van der Waals surface area contributed by atoms with E-state index in [4.69, 9.17) is 0 Å². The first-order chi connectivity index (χ1) is 8.04. The lowest BCUT2D eigenvalue weighted by Crippen LogP contribution is -2.05. The normalized spacial score (nSPS) is 11.2. The fourth-order valence-electron chi connectivity index (χ4n) is 0.974. The predicted molar refractivity (Wildman–Crippen MR) is 52.5 cm³/mol. The van der Waals surface area contributed by atoms with Crippen molar-refractivity contribution in [3.05, 3.63) is 28.8 Å². The molecule has 0 radical (unpaired) electrons. The van der Waals surface area contributed by atoms with E-state index < -0.39 is 45.9 Å². The largest absolute Gasteiger partial charge is 0.396 e. The standard InChI is InChI=1S/C9H6F5NOS/c1-2-16-15-3-4-5(10)7(12)9(17-14)8(13)6(4)11/h3H,2H2,1H3/b15-3+. The van der Waals surface area contributed by atoms with Crippen LogP contribution in [0.3, 0.4) is 0 Å². The third kappa shape index (κ3) is 2.68. The van der Waals surface area contributed by atoms with Gasteiger partial charge in [0.1, 0.15) is 11.5 Å². The molecule has 8 heteroatoms. The molecule has 1 aromatic carbocycles. The Balaban J connectivity index is 3.32. The number of benzene rings is 1. The Labute approximate surface area is 97.7 Å². The third-order valence-electron chi connectivity index (χ3n) is 1.72. The van der Waals surface area contributed by atoms with Crippen molar-refractivity contribution < 1.29 is 26.3 Å². The number of nitrogens with zero attached hydrogens (tertiary/aromatic N) is 1. The Bertz CT molecular complexity index is 422. The second-order valence-electron chi connectivity index (χ2n) is 2.73. The van der Waals surface area contributed by atoms with E-state index in [1.54, 1.807) is 6.92 Å². The first-order valence-corrected chi connectivity index (χ1v) is 5.06. The average molecular weight is 271 g/mol. The third-order valence-corrected chi connectivity index (χ3v) is 2.23. The van der Waals surface area contributed by atoms with E-state index >= 15 is 0 Å². The highest BCUT2D eigenvalue weighted by Gasteiger charge is 2.25. The summed E-state index contributed by atoms with van der Waals surface area (Å²) in [6.45, 7) is 1.66. The number of oxime groups is 1. The van der Waals surface area contributed by atoms with Crippen molar-refractivity contribution in [2.75, 3.05) is 6.61 Å². The Morgan fingerprint density at radius 3 is 2.06 bits per heavy atom. The van der Waals surface area contributed by atoms with E-state index in [1.807, 2.05) is 0 Å². The Morgan fingerprint density at radius 1 is 1.12 bits per heavy atom. The summed E-state index contributed by atoms with van der Waals surface area (Å²) in [5.41, 5.74) is -1.06. The van der Waals surface area contributed by atoms with E-state index in [1.165, 1.54) is 0 Å². The quantitative estimate of drug-likeness (QED) is 0.361. The zero-order chi connectivity index (χ0) is 13.0. The van der Waals surface area contributed by atoms with Crippen LogP contribution in [0, 0.1) is 23.3 Å². The van der Waals surface area contributed by atoms with Gasteiger partial charge in [-0.25, -0.2) is 17.6 Å². The van der Waals surface area contributed by atoms with Crippen molar-refractivity contribution >= 4 is 18.4 Å². The van der Waals surface area contributed by atoms with Gasteiger partial charge in [-0.3, -0.25) is 0 Å². The zero-order valence-corrected chi connectivity index (χ0v) is 9.25. The van der Waals surface area contributed by atoms with Crippen molar-refractivity contribution in [3.8, 4) is 0 Å². The van der Waals surface area contributed by atoms with Crippen LogP contribution >= 0.6 is 12.1 Å². The van der Waals surface area contributed by atoms with Gasteiger partial charge in [0, 0.05) is 0 Å². The van der Waals surface area contributed by atoms with Gasteiger partial charge in [0.15, 0.2) is 23.3 Å². The summed E-state index contributed by atoms with van der Waals surface area (Å²) in [6.07, 6.45) is 0.479. The molecule has 1 aromatic rings. The molecular weight excluding hydrogens is 265 g/mol. The summed E-state index contributed by atoms with van der Waals surface area (Å²) >= 11 is -0.918. The monoisotopic (exact) mass is 271 g/mol. The minimum atomic E-state index is -1.81. The Hall–Kier alpha value is -1.31. The van der Waals surface area contributed by atoms with Crippen LogP contribution < -0.4 is 0 Å². The molecular formula is C9H6F5NOS. The number of hydrogen-bond donors (Lipinski definition) is 0. The zero-order valence-electron chi connectivity index (χ0n) is 8.44. The maximum absolute atomic E-state index is 13.2. The number of hydrogen-bond acceptors (Lipinski definition) is 3. The highest BCUT2D eigenvalue weighted by atomic mass is 32.2. The van der Waals surface area contributed by atoms with E-state index in [2.05, 4.69) is 9.99 Å². The van der Waals surface area contributed by atoms with E-state index in [0.717, 1.165) is 0 Å². The molecule has 0 aliphatic heterocycles. The van der Waals surface area contributed by atoms with Crippen LogP contribution in [0.1, 0.15) is 12.5 Å². The Kier molecular flexibility index (Phi) is 4.73. The van der Waals surface area contributed by atoms with Gasteiger partial charge in [0.05, 0.1) is 23.9 Å². The second kappa shape index (κ2) is 5.85. The summed E-state index contributed by atoms with van der Waals surface area (Å²) in [6, 6.07) is 0. The van der Waals surface area contributed by atoms with Crippen LogP contribution in [0.4, 0.5) is 21.4 Å². The summed E-state index contributed by atoms with van der Waals surface area (Å²) in [5, 5.41) is 3.08. The first kappa shape index (κ1) is 13.8. The van der Waals surface area contributed by atoms with Gasteiger partial charge in [-0.05, 0) is 6.92 Å². The second-order valence-corrected chi connectivity index (χ2v) is 3.29. The summed E-state index contributed by atoms with van der Waals surface area (Å²) in [4.78, 5) is 3.03. The molecule has 0 saturated carbocycles. The summed E-state index contributed by atoms with van der Waals surface area (Å²) in [7, 11) is 0. The Morgan fingerprint density at radius 2 is 1.65 bits per heavy atom. The molecule has 0 aliphatic rings. The molecule has 0 saturated heterocycles. The molecule has 0 amide bonds. The minimum Gasteiger partial charge on any atom is -0.396 e. The fourth-order valence-corrected chi connectivity index (χ4v) is 1.29. The number of halogens is 5. The summed E-state index contributed by atoms with van der Waals surface area (Å²) in [5.74, 6) is -7.08. The van der Waals surface area contributed by atoms with Gasteiger partial charge in [0.25, 0.3) is 0 Å². The summed E-state index contributed by atoms with van der Waals surface area (Å²) < 4.78 is 64.6. The fraction of sp³-hybridized carbons (Fsp3) is 0.222. The molecule has 0 bridgehead atoms. The highest BCUT2D eigenvalue weighted by molar-refractivity contribution is 7.94. The molecule has 0 spiro atoms. The lowest BCUT2D eigenvalue weighted by molar-refractivity contribution is 0.160. The van der Waals surface area contributed by atoms with Crippen molar-refractivity contribution in [1.29, 1.82) is 0 Å². The molecule has 17 heavy (non-hydrogen) atoms. The molecule has 0 aromatic heterocycles. The van der Waals surface area contributed by atoms with Gasteiger partial charge >= 0.3 is 0 Å². The maximum atomic E-state index is 13.2. The molecule has 0 N–H and O–H groups in total. The van der Waals surface area contributed by atoms with Gasteiger partial charge in [-0.2, -0.15) is 3.89 Å².